The minimum Gasteiger partial charge on any atom is -0.439 e. The molecule has 0 bridgehead atoms. The summed E-state index contributed by atoms with van der Waals surface area (Å²) in [6.45, 7) is 5.43. The van der Waals surface area contributed by atoms with E-state index in [4.69, 9.17) is 4.74 Å². The van der Waals surface area contributed by atoms with E-state index in [0.29, 0.717) is 35.3 Å². The summed E-state index contributed by atoms with van der Waals surface area (Å²) < 4.78 is 5.81. The Morgan fingerprint density at radius 1 is 1.18 bits per heavy atom. The summed E-state index contributed by atoms with van der Waals surface area (Å²) in [4.78, 5) is 47.2. The second-order valence-corrected chi connectivity index (χ2v) is 11.1. The lowest BCUT2D eigenvalue weighted by molar-refractivity contribution is -0.128. The Labute approximate surface area is 230 Å². The SMILES string of the molecule is C=CC(=O)N1CCC[C@@H](NC(=O)C2=C3NC(=O)N(c4ccc(Oc5ccccn5)cc4)C4CCNC(S2)C34)C1. The van der Waals surface area contributed by atoms with Gasteiger partial charge in [-0.1, -0.05) is 24.4 Å². The number of hydrogen-bond acceptors (Lipinski definition) is 7. The van der Waals surface area contributed by atoms with Gasteiger partial charge in [-0.2, -0.15) is 0 Å². The molecule has 0 saturated carbocycles. The van der Waals surface area contributed by atoms with Crippen molar-refractivity contribution in [1.82, 2.24) is 25.8 Å². The second-order valence-electron chi connectivity index (χ2n) is 9.98. The standard InChI is InChI=1S/C28H30N6O4S/c1-2-22(35)33-15-5-6-17(16-33)31-26(36)25-24-23-20(12-14-30-27(23)39-25)34(28(37)32-24)18-8-10-19(11-9-18)38-21-7-3-4-13-29-21/h2-4,7-11,13,17,20,23,27,30H,1,5-6,12,14-16H2,(H,31,36)(H,32,37)/t17-,20?,23?,27?/m1/s1. The van der Waals surface area contributed by atoms with Crippen LogP contribution in [0, 0.1) is 5.92 Å². The third-order valence-electron chi connectivity index (χ3n) is 7.57. The van der Waals surface area contributed by atoms with Crippen molar-refractivity contribution in [3.05, 3.63) is 71.9 Å². The molecule has 10 nitrogen and oxygen atoms in total. The molecule has 0 aliphatic carbocycles. The summed E-state index contributed by atoms with van der Waals surface area (Å²) in [6.07, 6.45) is 5.36. The fourth-order valence-corrected chi connectivity index (χ4v) is 7.20. The summed E-state index contributed by atoms with van der Waals surface area (Å²) in [5.74, 6) is 0.758. The Hall–Kier alpha value is -3.83. The molecular formula is C28H30N6O4S. The molecular weight excluding hydrogens is 516 g/mol. The molecule has 3 fully saturated rings. The highest BCUT2D eigenvalue weighted by atomic mass is 32.2. The monoisotopic (exact) mass is 546 g/mol. The highest BCUT2D eigenvalue weighted by molar-refractivity contribution is 8.04. The van der Waals surface area contributed by atoms with E-state index in [1.165, 1.54) is 17.8 Å². The Morgan fingerprint density at radius 2 is 2.03 bits per heavy atom. The third-order valence-corrected chi connectivity index (χ3v) is 8.92. The zero-order valence-corrected chi connectivity index (χ0v) is 22.2. The van der Waals surface area contributed by atoms with Gasteiger partial charge < -0.3 is 25.6 Å². The van der Waals surface area contributed by atoms with E-state index < -0.39 is 0 Å². The molecule has 4 aliphatic rings. The lowest BCUT2D eigenvalue weighted by Gasteiger charge is -2.45. The van der Waals surface area contributed by atoms with Gasteiger partial charge in [-0.3, -0.25) is 14.5 Å². The van der Waals surface area contributed by atoms with Crippen molar-refractivity contribution in [3.8, 4) is 11.6 Å². The van der Waals surface area contributed by atoms with Gasteiger partial charge in [0.15, 0.2) is 0 Å². The molecule has 202 valence electrons. The number of carbonyl (C=O) groups is 3. The van der Waals surface area contributed by atoms with Crippen LogP contribution in [0.4, 0.5) is 10.5 Å². The number of urea groups is 1. The van der Waals surface area contributed by atoms with Crippen molar-refractivity contribution in [1.29, 1.82) is 0 Å². The molecule has 1 aromatic heterocycles. The number of anilines is 1. The topological polar surface area (TPSA) is 116 Å². The number of carbonyl (C=O) groups excluding carboxylic acids is 3. The van der Waals surface area contributed by atoms with Crippen molar-refractivity contribution in [2.75, 3.05) is 24.5 Å². The normalized spacial score (nSPS) is 26.0. The molecule has 4 atom stereocenters. The number of nitrogens with one attached hydrogen (secondary N) is 3. The van der Waals surface area contributed by atoms with E-state index in [0.717, 1.165) is 31.5 Å². The van der Waals surface area contributed by atoms with E-state index in [1.807, 2.05) is 36.4 Å². The first kappa shape index (κ1) is 25.4. The van der Waals surface area contributed by atoms with Gasteiger partial charge >= 0.3 is 6.03 Å². The number of amides is 4. The molecule has 3 unspecified atom stereocenters. The fourth-order valence-electron chi connectivity index (χ4n) is 5.80. The predicted molar refractivity (Wildman–Crippen MR) is 148 cm³/mol. The molecule has 5 heterocycles. The third kappa shape index (κ3) is 4.99. The minimum absolute atomic E-state index is 0.0143. The van der Waals surface area contributed by atoms with Crippen LogP contribution in [0.1, 0.15) is 19.3 Å². The highest BCUT2D eigenvalue weighted by Crippen LogP contribution is 2.48. The molecule has 4 aliphatic heterocycles. The molecule has 2 aromatic rings. The van der Waals surface area contributed by atoms with E-state index in [1.54, 1.807) is 22.1 Å². The van der Waals surface area contributed by atoms with Crippen molar-refractivity contribution in [2.45, 2.75) is 36.7 Å². The van der Waals surface area contributed by atoms with Crippen LogP contribution in [0.5, 0.6) is 11.6 Å². The van der Waals surface area contributed by atoms with Crippen LogP contribution in [-0.2, 0) is 9.59 Å². The molecule has 0 spiro atoms. The van der Waals surface area contributed by atoms with Gasteiger partial charge in [0, 0.05) is 48.7 Å². The summed E-state index contributed by atoms with van der Waals surface area (Å²) in [5.41, 5.74) is 1.45. The molecule has 0 radical (unpaired) electrons. The average molecular weight is 547 g/mol. The van der Waals surface area contributed by atoms with Gasteiger partial charge in [0.25, 0.3) is 5.91 Å². The van der Waals surface area contributed by atoms with Gasteiger partial charge in [-0.05, 0) is 62.2 Å². The molecule has 6 rings (SSSR count). The van der Waals surface area contributed by atoms with Crippen molar-refractivity contribution < 1.29 is 19.1 Å². The quantitative estimate of drug-likeness (QED) is 0.477. The summed E-state index contributed by atoms with van der Waals surface area (Å²) >= 11 is 1.47. The number of nitrogens with zero attached hydrogens (tertiary/aromatic N) is 3. The number of piperidine rings is 2. The van der Waals surface area contributed by atoms with Crippen LogP contribution in [-0.4, -0.2) is 64.8 Å². The van der Waals surface area contributed by atoms with Crippen LogP contribution in [0.3, 0.4) is 0 Å². The van der Waals surface area contributed by atoms with Gasteiger partial charge in [-0.15, -0.1) is 0 Å². The molecule has 11 heteroatoms. The maximum atomic E-state index is 13.4. The van der Waals surface area contributed by atoms with Crippen molar-refractivity contribution >= 4 is 35.3 Å². The number of likely N-dealkylation sites (tertiary alicyclic amines) is 1. The summed E-state index contributed by atoms with van der Waals surface area (Å²) in [6, 6.07) is 12.4. The fraction of sp³-hybridized carbons (Fsp3) is 0.357. The van der Waals surface area contributed by atoms with Gasteiger partial charge in [0.2, 0.25) is 11.8 Å². The van der Waals surface area contributed by atoms with Crippen LogP contribution in [0.25, 0.3) is 0 Å². The first-order chi connectivity index (χ1) is 19.0. The van der Waals surface area contributed by atoms with E-state index in [-0.39, 0.29) is 41.2 Å². The minimum atomic E-state index is -0.251. The summed E-state index contributed by atoms with van der Waals surface area (Å²) in [7, 11) is 0. The van der Waals surface area contributed by atoms with Crippen LogP contribution in [0.2, 0.25) is 0 Å². The molecule has 3 N–H and O–H groups in total. The number of hydrogen-bond donors (Lipinski definition) is 3. The Bertz CT molecular complexity index is 1320. The maximum Gasteiger partial charge on any atom is 0.326 e. The second kappa shape index (κ2) is 10.7. The van der Waals surface area contributed by atoms with Gasteiger partial charge in [-0.25, -0.2) is 9.78 Å². The van der Waals surface area contributed by atoms with E-state index >= 15 is 0 Å². The molecule has 4 amide bonds. The number of pyridine rings is 1. The number of rotatable bonds is 6. The van der Waals surface area contributed by atoms with Crippen molar-refractivity contribution in [2.24, 2.45) is 5.92 Å². The lowest BCUT2D eigenvalue weighted by Crippen LogP contribution is -2.62. The Morgan fingerprint density at radius 3 is 2.79 bits per heavy atom. The zero-order valence-electron chi connectivity index (χ0n) is 21.3. The molecule has 1 aromatic carbocycles. The van der Waals surface area contributed by atoms with Crippen LogP contribution in [0.15, 0.2) is 71.9 Å². The largest absolute Gasteiger partial charge is 0.439 e. The molecule has 3 saturated heterocycles. The average Bonchev–Trinajstić information content (AvgIpc) is 3.33. The number of ether oxygens (including phenoxy) is 1. The smallest absolute Gasteiger partial charge is 0.326 e. The lowest BCUT2D eigenvalue weighted by atomic mass is 9.86. The first-order valence-corrected chi connectivity index (χ1v) is 14.1. The molecule has 39 heavy (non-hydrogen) atoms. The van der Waals surface area contributed by atoms with Crippen LogP contribution < -0.4 is 25.6 Å². The first-order valence-electron chi connectivity index (χ1n) is 13.2. The number of thioether (sulfide) groups is 1. The highest BCUT2D eigenvalue weighted by Gasteiger charge is 2.51. The number of benzene rings is 1. The predicted octanol–water partition coefficient (Wildman–Crippen LogP) is 2.96. The number of aromatic nitrogens is 1. The summed E-state index contributed by atoms with van der Waals surface area (Å²) in [5, 5.41) is 9.66. The van der Waals surface area contributed by atoms with Gasteiger partial charge in [0.1, 0.15) is 5.75 Å². The Kier molecular flexibility index (Phi) is 7.01. The van der Waals surface area contributed by atoms with Crippen molar-refractivity contribution in [3.63, 3.8) is 0 Å². The maximum absolute atomic E-state index is 13.4. The van der Waals surface area contributed by atoms with E-state index in [2.05, 4.69) is 27.5 Å². The zero-order chi connectivity index (χ0) is 26.9. The Balaban J connectivity index is 1.19. The van der Waals surface area contributed by atoms with Crippen LogP contribution >= 0.6 is 11.8 Å². The van der Waals surface area contributed by atoms with Gasteiger partial charge in [0.05, 0.1) is 16.3 Å². The van der Waals surface area contributed by atoms with E-state index in [9.17, 15) is 14.4 Å².